The molecule has 1 fully saturated rings. The van der Waals surface area contributed by atoms with Gasteiger partial charge in [-0.3, -0.25) is 4.98 Å². The minimum atomic E-state index is -0.361. The number of rotatable bonds is 7. The summed E-state index contributed by atoms with van der Waals surface area (Å²) in [5, 5.41) is 9.52. The van der Waals surface area contributed by atoms with Crippen LogP contribution in [0.1, 0.15) is 28.3 Å². The van der Waals surface area contributed by atoms with Crippen molar-refractivity contribution in [2.24, 2.45) is 0 Å². The molecule has 36 heavy (non-hydrogen) atoms. The highest BCUT2D eigenvalue weighted by Gasteiger charge is 2.41. The number of hydrogen-bond acceptors (Lipinski definition) is 8. The van der Waals surface area contributed by atoms with Crippen LogP contribution in [0.25, 0.3) is 0 Å². The second kappa shape index (κ2) is 9.18. The van der Waals surface area contributed by atoms with Crippen LogP contribution in [0.4, 0.5) is 27.9 Å². The van der Waals surface area contributed by atoms with Crippen molar-refractivity contribution in [1.29, 1.82) is 0 Å². The average molecular weight is 481 g/mol. The van der Waals surface area contributed by atoms with E-state index >= 15 is 0 Å². The second-order valence-corrected chi connectivity index (χ2v) is 8.83. The molecule has 6 rings (SSSR count). The van der Waals surface area contributed by atoms with Gasteiger partial charge in [0.1, 0.15) is 24.3 Å². The van der Waals surface area contributed by atoms with Gasteiger partial charge in [0, 0.05) is 47.5 Å². The zero-order valence-electron chi connectivity index (χ0n) is 19.6. The first-order valence-corrected chi connectivity index (χ1v) is 11.7. The van der Waals surface area contributed by atoms with Gasteiger partial charge in [-0.2, -0.15) is 4.98 Å². The van der Waals surface area contributed by atoms with Crippen LogP contribution in [0.5, 0.6) is 5.75 Å². The minimum absolute atomic E-state index is 0.110. The number of fused-ring (bicyclic) bond motifs is 3. The summed E-state index contributed by atoms with van der Waals surface area (Å²) in [6.07, 6.45) is 5.53. The Hall–Kier alpha value is -4.66. The molecule has 1 unspecified atom stereocenters. The van der Waals surface area contributed by atoms with Gasteiger partial charge in [0.2, 0.25) is 5.95 Å². The van der Waals surface area contributed by atoms with E-state index < -0.39 is 0 Å². The number of nitrogens with one attached hydrogen (secondary N) is 3. The summed E-state index contributed by atoms with van der Waals surface area (Å²) in [5.41, 5.74) is 5.90. The third-order valence-electron chi connectivity index (χ3n) is 6.28. The molecule has 1 aliphatic heterocycles. The van der Waals surface area contributed by atoms with Gasteiger partial charge in [-0.25, -0.2) is 9.78 Å². The summed E-state index contributed by atoms with van der Waals surface area (Å²) in [6, 6.07) is 17.5. The van der Waals surface area contributed by atoms with Crippen LogP contribution >= 0.6 is 0 Å². The molecule has 1 saturated heterocycles. The Kier molecular flexibility index (Phi) is 5.57. The maximum Gasteiger partial charge on any atom is 0.408 e. The lowest BCUT2D eigenvalue weighted by Gasteiger charge is -2.13. The van der Waals surface area contributed by atoms with Crippen molar-refractivity contribution in [3.63, 3.8) is 0 Å². The fraction of sp³-hybridized carbons (Fsp3) is 0.185. The molecular formula is C27H24N6O3. The number of aryl methyl sites for hydroxylation is 1. The van der Waals surface area contributed by atoms with Crippen molar-refractivity contribution < 1.29 is 14.3 Å². The first kappa shape index (κ1) is 21.8. The molecule has 3 heterocycles. The third-order valence-corrected chi connectivity index (χ3v) is 6.28. The van der Waals surface area contributed by atoms with Crippen LogP contribution in [0.3, 0.4) is 0 Å². The van der Waals surface area contributed by atoms with Crippen molar-refractivity contribution >= 4 is 29.2 Å². The Labute approximate surface area is 207 Å². The van der Waals surface area contributed by atoms with E-state index in [1.807, 2.05) is 55.5 Å². The molecule has 2 atom stereocenters. The predicted molar refractivity (Wildman–Crippen MR) is 135 cm³/mol. The number of aromatic nitrogens is 3. The summed E-state index contributed by atoms with van der Waals surface area (Å²) in [7, 11) is 0. The van der Waals surface area contributed by atoms with E-state index in [2.05, 4.69) is 37.0 Å². The smallest absolute Gasteiger partial charge is 0.408 e. The molecule has 9 nitrogen and oxygen atoms in total. The van der Waals surface area contributed by atoms with Gasteiger partial charge in [-0.1, -0.05) is 12.1 Å². The Morgan fingerprint density at radius 3 is 2.78 bits per heavy atom. The van der Waals surface area contributed by atoms with Crippen LogP contribution in [-0.4, -0.2) is 27.1 Å². The van der Waals surface area contributed by atoms with E-state index in [0.717, 1.165) is 40.2 Å². The number of ether oxygens (including phenoxy) is 2. The van der Waals surface area contributed by atoms with E-state index in [1.54, 1.807) is 18.6 Å². The molecule has 1 aliphatic carbocycles. The van der Waals surface area contributed by atoms with Crippen molar-refractivity contribution in [3.05, 3.63) is 95.4 Å². The summed E-state index contributed by atoms with van der Waals surface area (Å²) < 4.78 is 11.2. The zero-order chi connectivity index (χ0) is 24.5. The highest BCUT2D eigenvalue weighted by molar-refractivity contribution is 5.72. The fourth-order valence-corrected chi connectivity index (χ4v) is 4.44. The molecule has 2 aromatic carbocycles. The van der Waals surface area contributed by atoms with Gasteiger partial charge in [-0.05, 0) is 60.5 Å². The molecule has 180 valence electrons. The first-order valence-electron chi connectivity index (χ1n) is 11.7. The predicted octanol–water partition coefficient (Wildman–Crippen LogP) is 4.95. The Morgan fingerprint density at radius 2 is 1.94 bits per heavy atom. The van der Waals surface area contributed by atoms with E-state index in [9.17, 15) is 4.79 Å². The van der Waals surface area contributed by atoms with Gasteiger partial charge in [0.15, 0.2) is 0 Å². The molecule has 0 saturated carbocycles. The second-order valence-electron chi connectivity index (χ2n) is 8.83. The summed E-state index contributed by atoms with van der Waals surface area (Å²) >= 11 is 0. The lowest BCUT2D eigenvalue weighted by Crippen LogP contribution is -2.18. The van der Waals surface area contributed by atoms with E-state index in [4.69, 9.17) is 9.47 Å². The number of alkyl carbamates (subject to hydrolysis) is 1. The highest BCUT2D eigenvalue weighted by Crippen LogP contribution is 2.38. The quantitative estimate of drug-likeness (QED) is 0.341. The Bertz CT molecular complexity index is 1410. The lowest BCUT2D eigenvalue weighted by atomic mass is 10.1. The number of benzene rings is 2. The Morgan fingerprint density at radius 1 is 1.08 bits per heavy atom. The van der Waals surface area contributed by atoms with Crippen LogP contribution < -0.4 is 20.7 Å². The third kappa shape index (κ3) is 4.50. The number of carbonyl (C=O) groups excluding carboxylic acids is 1. The largest absolute Gasteiger partial charge is 0.489 e. The van der Waals surface area contributed by atoms with Gasteiger partial charge in [0.25, 0.3) is 0 Å². The van der Waals surface area contributed by atoms with Crippen LogP contribution in [-0.2, 0) is 17.8 Å². The van der Waals surface area contributed by atoms with Gasteiger partial charge < -0.3 is 25.4 Å². The lowest BCUT2D eigenvalue weighted by molar-refractivity contribution is 0.136. The molecule has 2 aromatic heterocycles. The van der Waals surface area contributed by atoms with E-state index in [0.29, 0.717) is 18.4 Å². The van der Waals surface area contributed by atoms with Crippen molar-refractivity contribution in [2.45, 2.75) is 32.1 Å². The monoisotopic (exact) mass is 480 g/mol. The van der Waals surface area contributed by atoms with Gasteiger partial charge in [0.05, 0.1) is 6.04 Å². The van der Waals surface area contributed by atoms with Crippen LogP contribution in [0.2, 0.25) is 0 Å². The maximum atomic E-state index is 11.6. The van der Waals surface area contributed by atoms with Crippen molar-refractivity contribution in [2.75, 3.05) is 10.6 Å². The van der Waals surface area contributed by atoms with E-state index in [-0.39, 0.29) is 18.2 Å². The molecule has 2 aliphatic rings. The molecule has 4 aromatic rings. The number of amides is 1. The molecule has 0 spiro atoms. The molecule has 9 heteroatoms. The average Bonchev–Trinajstić information content (AvgIpc) is 3.42. The fourth-order valence-electron chi connectivity index (χ4n) is 4.44. The molecule has 0 radical (unpaired) electrons. The summed E-state index contributed by atoms with van der Waals surface area (Å²) in [5.74, 6) is 1.95. The highest BCUT2D eigenvalue weighted by atomic mass is 16.6. The SMILES string of the molecule is Cc1cnc(Nc2ccc3c(c2)[C@@H]2NC(=O)OC2C3)nc1Nc1ccc(OCc2cccnc2)cc1. The zero-order valence-corrected chi connectivity index (χ0v) is 19.6. The molecule has 3 N–H and O–H groups in total. The number of pyridine rings is 1. The number of hydrogen-bond donors (Lipinski definition) is 3. The van der Waals surface area contributed by atoms with Crippen molar-refractivity contribution in [3.8, 4) is 5.75 Å². The molecule has 1 amide bonds. The number of carbonyl (C=O) groups is 1. The first-order chi connectivity index (χ1) is 17.6. The summed E-state index contributed by atoms with van der Waals surface area (Å²) in [4.78, 5) is 24.8. The molecule has 0 bridgehead atoms. The normalized spacial score (nSPS) is 17.5. The van der Waals surface area contributed by atoms with Gasteiger partial charge in [-0.15, -0.1) is 0 Å². The van der Waals surface area contributed by atoms with Crippen molar-refractivity contribution in [1.82, 2.24) is 20.3 Å². The van der Waals surface area contributed by atoms with Gasteiger partial charge >= 0.3 is 6.09 Å². The van der Waals surface area contributed by atoms with Crippen LogP contribution in [0.15, 0.2) is 73.2 Å². The summed E-state index contributed by atoms with van der Waals surface area (Å²) in [6.45, 7) is 2.42. The van der Waals surface area contributed by atoms with E-state index in [1.165, 1.54) is 5.56 Å². The minimum Gasteiger partial charge on any atom is -0.489 e. The Balaban J connectivity index is 1.13. The topological polar surface area (TPSA) is 110 Å². The maximum absolute atomic E-state index is 11.6. The molecular weight excluding hydrogens is 456 g/mol. The number of anilines is 4. The van der Waals surface area contributed by atoms with Crippen LogP contribution in [0, 0.1) is 6.92 Å². The number of nitrogens with zero attached hydrogens (tertiary/aromatic N) is 3. The standard InChI is InChI=1S/C27H24N6O3/c1-16-13-29-26(31-20-5-4-18-11-23-24(22(18)12-20)32-27(34)36-23)33-25(16)30-19-6-8-21(9-7-19)35-15-17-3-2-10-28-14-17/h2-10,12-14,23-24H,11,15H2,1H3,(H,32,34)(H2,29,30,31,33)/t23?,24-/m0/s1.